The first-order chi connectivity index (χ1) is 9.32. The van der Waals surface area contributed by atoms with E-state index in [9.17, 15) is 9.59 Å². The highest BCUT2D eigenvalue weighted by atomic mass is 16.4. The van der Waals surface area contributed by atoms with Gasteiger partial charge in [0.2, 0.25) is 0 Å². The molecule has 1 fully saturated rings. The van der Waals surface area contributed by atoms with Crippen LogP contribution in [0, 0.1) is 0 Å². The van der Waals surface area contributed by atoms with Gasteiger partial charge in [0.1, 0.15) is 0 Å². The van der Waals surface area contributed by atoms with Gasteiger partial charge in [0, 0.05) is 31.7 Å². The maximum atomic E-state index is 12.5. The minimum atomic E-state index is -0.866. The fourth-order valence-electron chi connectivity index (χ4n) is 2.55. The van der Waals surface area contributed by atoms with E-state index in [0.29, 0.717) is 6.04 Å². The molecule has 0 unspecified atom stereocenters. The van der Waals surface area contributed by atoms with Gasteiger partial charge in [-0.1, -0.05) is 0 Å². The molecule has 0 spiro atoms. The van der Waals surface area contributed by atoms with E-state index in [1.54, 1.807) is 4.90 Å². The van der Waals surface area contributed by atoms with Crippen molar-refractivity contribution in [1.82, 2.24) is 14.7 Å². The summed E-state index contributed by atoms with van der Waals surface area (Å²) in [5.41, 5.74) is 0. The summed E-state index contributed by atoms with van der Waals surface area (Å²) in [4.78, 5) is 28.9. The molecule has 6 nitrogen and oxygen atoms in total. The van der Waals surface area contributed by atoms with Crippen molar-refractivity contribution in [3.8, 4) is 0 Å². The molecule has 0 radical (unpaired) electrons. The lowest BCUT2D eigenvalue weighted by atomic mass is 10.0. The van der Waals surface area contributed by atoms with Gasteiger partial charge in [-0.15, -0.1) is 0 Å². The Morgan fingerprint density at radius 1 is 1.25 bits per heavy atom. The number of piperidine rings is 1. The van der Waals surface area contributed by atoms with Crippen LogP contribution in [0.4, 0.5) is 4.79 Å². The highest BCUT2D eigenvalue weighted by Gasteiger charge is 2.28. The molecule has 1 heterocycles. The lowest BCUT2D eigenvalue weighted by Gasteiger charge is -2.39. The van der Waals surface area contributed by atoms with Crippen LogP contribution in [0.15, 0.2) is 0 Å². The molecular formula is C14H27N3O3. The summed E-state index contributed by atoms with van der Waals surface area (Å²) >= 11 is 0. The van der Waals surface area contributed by atoms with Crippen LogP contribution >= 0.6 is 0 Å². The van der Waals surface area contributed by atoms with E-state index in [0.717, 1.165) is 25.9 Å². The fraction of sp³-hybridized carbons (Fsp3) is 0.857. The topological polar surface area (TPSA) is 64.1 Å². The van der Waals surface area contributed by atoms with Gasteiger partial charge < -0.3 is 19.8 Å². The summed E-state index contributed by atoms with van der Waals surface area (Å²) < 4.78 is 0. The van der Waals surface area contributed by atoms with Gasteiger partial charge in [0.15, 0.2) is 0 Å². The van der Waals surface area contributed by atoms with Gasteiger partial charge in [-0.2, -0.15) is 0 Å². The zero-order valence-electron chi connectivity index (χ0n) is 13.0. The molecule has 0 aromatic carbocycles. The number of carbonyl (C=O) groups excluding carboxylic acids is 1. The van der Waals surface area contributed by atoms with E-state index in [2.05, 4.69) is 19.0 Å². The lowest BCUT2D eigenvalue weighted by molar-refractivity contribution is -0.137. The summed E-state index contributed by atoms with van der Waals surface area (Å²) in [5.74, 6) is -0.866. The SMILES string of the molecule is CC(C)N(CCC(=O)O)C(=O)N1CCC(N(C)C)CC1. The maximum Gasteiger partial charge on any atom is 0.320 e. The molecule has 1 aliphatic rings. The van der Waals surface area contributed by atoms with Crippen LogP contribution < -0.4 is 0 Å². The Bertz CT molecular complexity index is 337. The predicted octanol–water partition coefficient (Wildman–Crippen LogP) is 1.32. The normalized spacial score (nSPS) is 16.8. The van der Waals surface area contributed by atoms with Gasteiger partial charge in [-0.05, 0) is 40.8 Å². The second-order valence-electron chi connectivity index (χ2n) is 5.90. The van der Waals surface area contributed by atoms with Gasteiger partial charge in [0.25, 0.3) is 0 Å². The molecule has 0 bridgehead atoms. The second kappa shape index (κ2) is 7.47. The molecule has 0 aromatic rings. The Morgan fingerprint density at radius 2 is 1.80 bits per heavy atom. The first kappa shape index (κ1) is 16.8. The number of nitrogens with zero attached hydrogens (tertiary/aromatic N) is 3. The Hall–Kier alpha value is -1.30. The second-order valence-corrected chi connectivity index (χ2v) is 5.90. The Labute approximate surface area is 121 Å². The average molecular weight is 285 g/mol. The monoisotopic (exact) mass is 285 g/mol. The van der Waals surface area contributed by atoms with Gasteiger partial charge in [-0.3, -0.25) is 4.79 Å². The van der Waals surface area contributed by atoms with Crippen LogP contribution in [0.25, 0.3) is 0 Å². The molecule has 0 aromatic heterocycles. The van der Waals surface area contributed by atoms with Crippen LogP contribution in [0.3, 0.4) is 0 Å². The van der Waals surface area contributed by atoms with Gasteiger partial charge in [-0.25, -0.2) is 4.79 Å². The van der Waals surface area contributed by atoms with Crippen molar-refractivity contribution in [2.45, 2.75) is 45.2 Å². The van der Waals surface area contributed by atoms with Gasteiger partial charge in [0.05, 0.1) is 6.42 Å². The van der Waals surface area contributed by atoms with E-state index >= 15 is 0 Å². The van der Waals surface area contributed by atoms with E-state index in [1.807, 2.05) is 18.7 Å². The number of carboxylic acid groups (broad SMARTS) is 1. The maximum absolute atomic E-state index is 12.5. The molecule has 0 aliphatic carbocycles. The number of hydrogen-bond donors (Lipinski definition) is 1. The van der Waals surface area contributed by atoms with Crippen molar-refractivity contribution in [1.29, 1.82) is 0 Å². The number of carboxylic acids is 1. The van der Waals surface area contributed by atoms with Crippen LogP contribution in [-0.4, -0.2) is 77.6 Å². The number of carbonyl (C=O) groups is 2. The molecule has 1 aliphatic heterocycles. The zero-order valence-corrected chi connectivity index (χ0v) is 13.0. The predicted molar refractivity (Wildman–Crippen MR) is 77.8 cm³/mol. The molecule has 6 heteroatoms. The first-order valence-corrected chi connectivity index (χ1v) is 7.26. The minimum Gasteiger partial charge on any atom is -0.481 e. The van der Waals surface area contributed by atoms with Crippen molar-refractivity contribution in [3.05, 3.63) is 0 Å². The number of rotatable bonds is 5. The van der Waals surface area contributed by atoms with Crippen LogP contribution in [-0.2, 0) is 4.79 Å². The third kappa shape index (κ3) is 4.67. The van der Waals surface area contributed by atoms with Crippen LogP contribution in [0.1, 0.15) is 33.1 Å². The van der Waals surface area contributed by atoms with E-state index in [-0.39, 0.29) is 25.0 Å². The molecular weight excluding hydrogens is 258 g/mol. The average Bonchev–Trinajstić information content (AvgIpc) is 2.38. The van der Waals surface area contributed by atoms with Crippen molar-refractivity contribution in [2.75, 3.05) is 33.7 Å². The summed E-state index contributed by atoms with van der Waals surface area (Å²) in [6, 6.07) is 0.525. The zero-order chi connectivity index (χ0) is 15.3. The smallest absolute Gasteiger partial charge is 0.320 e. The molecule has 2 amide bonds. The Kier molecular flexibility index (Phi) is 6.26. The summed E-state index contributed by atoms with van der Waals surface area (Å²) in [6.45, 7) is 5.62. The molecule has 1 saturated heterocycles. The van der Waals surface area contributed by atoms with Crippen molar-refractivity contribution in [3.63, 3.8) is 0 Å². The van der Waals surface area contributed by atoms with Crippen LogP contribution in [0.2, 0.25) is 0 Å². The number of likely N-dealkylation sites (tertiary alicyclic amines) is 1. The van der Waals surface area contributed by atoms with E-state index in [1.165, 1.54) is 0 Å². The number of hydrogen-bond acceptors (Lipinski definition) is 3. The summed E-state index contributed by atoms with van der Waals surface area (Å²) in [7, 11) is 4.13. The molecule has 116 valence electrons. The van der Waals surface area contributed by atoms with Crippen molar-refractivity contribution >= 4 is 12.0 Å². The minimum absolute atomic E-state index is 0.00190. The number of urea groups is 1. The fourth-order valence-corrected chi connectivity index (χ4v) is 2.55. The molecule has 0 saturated carbocycles. The molecule has 0 atom stereocenters. The Balaban J connectivity index is 2.56. The third-order valence-corrected chi connectivity index (χ3v) is 3.90. The summed E-state index contributed by atoms with van der Waals surface area (Å²) in [6.07, 6.45) is 1.95. The van der Waals surface area contributed by atoms with E-state index in [4.69, 9.17) is 5.11 Å². The molecule has 20 heavy (non-hydrogen) atoms. The third-order valence-electron chi connectivity index (χ3n) is 3.90. The summed E-state index contributed by atoms with van der Waals surface area (Å²) in [5, 5.41) is 8.77. The van der Waals surface area contributed by atoms with Gasteiger partial charge >= 0.3 is 12.0 Å². The first-order valence-electron chi connectivity index (χ1n) is 7.26. The van der Waals surface area contributed by atoms with Crippen molar-refractivity contribution < 1.29 is 14.7 Å². The molecule has 1 rings (SSSR count). The Morgan fingerprint density at radius 3 is 2.20 bits per heavy atom. The van der Waals surface area contributed by atoms with Crippen LogP contribution in [0.5, 0.6) is 0 Å². The highest BCUT2D eigenvalue weighted by molar-refractivity contribution is 5.76. The number of aliphatic carboxylic acids is 1. The lowest BCUT2D eigenvalue weighted by Crippen LogP contribution is -2.51. The standard InChI is InChI=1S/C14H27N3O3/c1-11(2)17(10-7-13(18)19)14(20)16-8-5-12(6-9-16)15(3)4/h11-12H,5-10H2,1-4H3,(H,18,19). The van der Waals surface area contributed by atoms with E-state index < -0.39 is 5.97 Å². The number of amides is 2. The molecule has 1 N–H and O–H groups in total. The highest BCUT2D eigenvalue weighted by Crippen LogP contribution is 2.16. The van der Waals surface area contributed by atoms with Crippen molar-refractivity contribution in [2.24, 2.45) is 0 Å². The largest absolute Gasteiger partial charge is 0.481 e. The quantitative estimate of drug-likeness (QED) is 0.827.